The Bertz CT molecular complexity index is 535. The lowest BCUT2D eigenvalue weighted by molar-refractivity contribution is 0.302. The van der Waals surface area contributed by atoms with Crippen molar-refractivity contribution >= 4 is 11.6 Å². The Morgan fingerprint density at radius 1 is 0.895 bits per heavy atom. The Balaban J connectivity index is 2.13. The average molecular weight is 275 g/mol. The zero-order chi connectivity index (χ0) is 13.8. The largest absolute Gasteiger partial charge is 0.488 e. The molecule has 0 unspecified atom stereocenters. The van der Waals surface area contributed by atoms with Crippen molar-refractivity contribution in [1.29, 1.82) is 0 Å². The van der Waals surface area contributed by atoms with Gasteiger partial charge in [-0.3, -0.25) is 0 Å². The molecule has 2 heteroatoms. The fourth-order valence-electron chi connectivity index (χ4n) is 2.18. The third kappa shape index (κ3) is 3.51. The van der Waals surface area contributed by atoms with Gasteiger partial charge in [0.15, 0.2) is 0 Å². The van der Waals surface area contributed by atoms with E-state index in [1.165, 1.54) is 11.1 Å². The summed E-state index contributed by atoms with van der Waals surface area (Å²) in [5, 5.41) is 0. The van der Waals surface area contributed by atoms with Gasteiger partial charge in [0.1, 0.15) is 12.4 Å². The Morgan fingerprint density at radius 2 is 1.47 bits per heavy atom. The molecule has 0 heterocycles. The van der Waals surface area contributed by atoms with E-state index in [0.29, 0.717) is 12.5 Å². The second kappa shape index (κ2) is 6.12. The number of rotatable bonds is 4. The Labute approximate surface area is 120 Å². The summed E-state index contributed by atoms with van der Waals surface area (Å²) in [5.41, 5.74) is 5.87. The fraction of sp³-hybridized carbons (Fsp3) is 0.294. The van der Waals surface area contributed by atoms with E-state index in [4.69, 9.17) is 16.3 Å². The molecular weight excluding hydrogens is 256 g/mol. The molecule has 0 saturated heterocycles. The van der Waals surface area contributed by atoms with Gasteiger partial charge in [0, 0.05) is 5.88 Å². The van der Waals surface area contributed by atoms with Gasteiger partial charge >= 0.3 is 0 Å². The smallest absolute Gasteiger partial charge is 0.125 e. The molecule has 0 atom stereocenters. The average Bonchev–Trinajstić information content (AvgIpc) is 2.39. The summed E-state index contributed by atoms with van der Waals surface area (Å²) in [6.45, 7) is 6.81. The lowest BCUT2D eigenvalue weighted by atomic mass is 10.1. The van der Waals surface area contributed by atoms with Crippen molar-refractivity contribution in [3.8, 4) is 5.75 Å². The van der Waals surface area contributed by atoms with Crippen molar-refractivity contribution < 1.29 is 4.74 Å². The van der Waals surface area contributed by atoms with E-state index in [9.17, 15) is 0 Å². The number of hydrogen-bond acceptors (Lipinski definition) is 1. The van der Waals surface area contributed by atoms with Gasteiger partial charge in [-0.1, -0.05) is 42.0 Å². The van der Waals surface area contributed by atoms with Crippen LogP contribution in [0.3, 0.4) is 0 Å². The van der Waals surface area contributed by atoms with Gasteiger partial charge in [0.25, 0.3) is 0 Å². The van der Waals surface area contributed by atoms with E-state index in [1.807, 2.05) is 0 Å². The highest BCUT2D eigenvalue weighted by molar-refractivity contribution is 6.17. The van der Waals surface area contributed by atoms with Gasteiger partial charge in [-0.2, -0.15) is 0 Å². The molecule has 0 N–H and O–H groups in total. The summed E-state index contributed by atoms with van der Waals surface area (Å²) in [6, 6.07) is 12.6. The maximum absolute atomic E-state index is 5.95. The molecule has 2 aromatic carbocycles. The van der Waals surface area contributed by atoms with Crippen molar-refractivity contribution in [3.63, 3.8) is 0 Å². The lowest BCUT2D eigenvalue weighted by Crippen LogP contribution is -2.00. The minimum absolute atomic E-state index is 0.542. The van der Waals surface area contributed by atoms with Crippen LogP contribution >= 0.6 is 11.6 Å². The molecule has 0 fully saturated rings. The molecule has 2 rings (SSSR count). The van der Waals surface area contributed by atoms with Crippen molar-refractivity contribution in [2.24, 2.45) is 0 Å². The molecule has 0 spiro atoms. The molecule has 0 radical (unpaired) electrons. The molecule has 0 aliphatic rings. The minimum Gasteiger partial charge on any atom is -0.488 e. The van der Waals surface area contributed by atoms with Gasteiger partial charge in [-0.15, -0.1) is 11.6 Å². The van der Waals surface area contributed by atoms with E-state index in [2.05, 4.69) is 57.2 Å². The molecular formula is C17H19ClO. The van der Waals surface area contributed by atoms with Crippen molar-refractivity contribution in [2.75, 3.05) is 0 Å². The highest BCUT2D eigenvalue weighted by Gasteiger charge is 2.06. The predicted molar refractivity (Wildman–Crippen MR) is 81.0 cm³/mol. The number of alkyl halides is 1. The lowest BCUT2D eigenvalue weighted by Gasteiger charge is -2.13. The second-order valence-corrected chi connectivity index (χ2v) is 5.23. The van der Waals surface area contributed by atoms with Gasteiger partial charge in [0.05, 0.1) is 0 Å². The normalized spacial score (nSPS) is 10.5. The molecule has 0 aliphatic carbocycles. The Morgan fingerprint density at radius 3 is 2.00 bits per heavy atom. The Hall–Kier alpha value is -1.47. The summed E-state index contributed by atoms with van der Waals surface area (Å²) in [7, 11) is 0. The van der Waals surface area contributed by atoms with Crippen molar-refractivity contribution in [1.82, 2.24) is 0 Å². The third-order valence-electron chi connectivity index (χ3n) is 3.18. The first-order valence-electron chi connectivity index (χ1n) is 6.44. The molecule has 19 heavy (non-hydrogen) atoms. The standard InChI is InChI=1S/C17H19ClO/c1-12-4-6-15(7-5-12)11-19-17-13(2)8-16(10-18)9-14(17)3/h4-9H,10-11H2,1-3H3. The van der Waals surface area contributed by atoms with Gasteiger partial charge < -0.3 is 4.74 Å². The molecule has 1 nitrogen and oxygen atoms in total. The van der Waals surface area contributed by atoms with Gasteiger partial charge in [0.2, 0.25) is 0 Å². The SMILES string of the molecule is Cc1ccc(COc2c(C)cc(CCl)cc2C)cc1. The van der Waals surface area contributed by atoms with Crippen LogP contribution in [0.15, 0.2) is 36.4 Å². The zero-order valence-corrected chi connectivity index (χ0v) is 12.4. The third-order valence-corrected chi connectivity index (χ3v) is 3.49. The van der Waals surface area contributed by atoms with Crippen molar-refractivity contribution in [2.45, 2.75) is 33.3 Å². The maximum Gasteiger partial charge on any atom is 0.125 e. The number of aryl methyl sites for hydroxylation is 3. The molecule has 100 valence electrons. The van der Waals surface area contributed by atoms with Crippen LogP contribution < -0.4 is 4.74 Å². The first kappa shape index (κ1) is 14.0. The summed E-state index contributed by atoms with van der Waals surface area (Å²) < 4.78 is 5.95. The first-order chi connectivity index (χ1) is 9.10. The van der Waals surface area contributed by atoms with Crippen LogP contribution in [0, 0.1) is 20.8 Å². The van der Waals surface area contributed by atoms with Crippen LogP contribution in [0.25, 0.3) is 0 Å². The van der Waals surface area contributed by atoms with E-state index in [-0.39, 0.29) is 0 Å². The maximum atomic E-state index is 5.95. The minimum atomic E-state index is 0.542. The van der Waals surface area contributed by atoms with Crippen LogP contribution in [-0.4, -0.2) is 0 Å². The highest BCUT2D eigenvalue weighted by atomic mass is 35.5. The first-order valence-corrected chi connectivity index (χ1v) is 6.98. The Kier molecular flexibility index (Phi) is 4.49. The van der Waals surface area contributed by atoms with Gasteiger partial charge in [-0.05, 0) is 43.0 Å². The van der Waals surface area contributed by atoms with E-state index < -0.39 is 0 Å². The quantitative estimate of drug-likeness (QED) is 0.719. The fourth-order valence-corrected chi connectivity index (χ4v) is 2.34. The van der Waals surface area contributed by atoms with Crippen molar-refractivity contribution in [3.05, 3.63) is 64.2 Å². The molecule has 0 bridgehead atoms. The van der Waals surface area contributed by atoms with E-state index in [0.717, 1.165) is 22.4 Å². The number of ether oxygens (including phenoxy) is 1. The van der Waals surface area contributed by atoms with Crippen LogP contribution in [0.5, 0.6) is 5.75 Å². The number of benzene rings is 2. The molecule has 0 amide bonds. The zero-order valence-electron chi connectivity index (χ0n) is 11.7. The second-order valence-electron chi connectivity index (χ2n) is 4.97. The summed E-state index contributed by atoms with van der Waals surface area (Å²) >= 11 is 5.87. The van der Waals surface area contributed by atoms with Crippen LogP contribution in [0.1, 0.15) is 27.8 Å². The monoisotopic (exact) mass is 274 g/mol. The molecule has 2 aromatic rings. The topological polar surface area (TPSA) is 9.23 Å². The molecule has 0 aliphatic heterocycles. The highest BCUT2D eigenvalue weighted by Crippen LogP contribution is 2.26. The summed E-state index contributed by atoms with van der Waals surface area (Å²) in [4.78, 5) is 0. The number of hydrogen-bond donors (Lipinski definition) is 0. The van der Waals surface area contributed by atoms with Crippen LogP contribution in [-0.2, 0) is 12.5 Å². The molecule has 0 saturated carbocycles. The predicted octanol–water partition coefficient (Wildman–Crippen LogP) is 4.93. The van der Waals surface area contributed by atoms with Crippen LogP contribution in [0.2, 0.25) is 0 Å². The van der Waals surface area contributed by atoms with Gasteiger partial charge in [-0.25, -0.2) is 0 Å². The number of halogens is 1. The van der Waals surface area contributed by atoms with E-state index in [1.54, 1.807) is 0 Å². The van der Waals surface area contributed by atoms with E-state index >= 15 is 0 Å². The van der Waals surface area contributed by atoms with Crippen LogP contribution in [0.4, 0.5) is 0 Å². The molecule has 0 aromatic heterocycles. The summed E-state index contributed by atoms with van der Waals surface area (Å²) in [5.74, 6) is 1.51. The summed E-state index contributed by atoms with van der Waals surface area (Å²) in [6.07, 6.45) is 0.